The van der Waals surface area contributed by atoms with E-state index in [4.69, 9.17) is 23.2 Å². The molecule has 1 aromatic heterocycles. The van der Waals surface area contributed by atoms with Crippen LogP contribution in [0.3, 0.4) is 0 Å². The molecule has 0 spiro atoms. The summed E-state index contributed by atoms with van der Waals surface area (Å²) in [6.45, 7) is 1.81. The Bertz CT molecular complexity index is 652. The number of aryl methyl sites for hydroxylation is 2. The molecule has 3 nitrogen and oxygen atoms in total. The van der Waals surface area contributed by atoms with Crippen LogP contribution in [0, 0.1) is 6.92 Å². The number of carbonyl (C=O) groups is 1. The maximum atomic E-state index is 12.2. The lowest BCUT2D eigenvalue weighted by molar-refractivity contribution is 0.0990. The molecular formula is C13H11BrCl2N2O. The Morgan fingerprint density at radius 1 is 1.42 bits per heavy atom. The van der Waals surface area contributed by atoms with Gasteiger partial charge in [0.15, 0.2) is 5.78 Å². The van der Waals surface area contributed by atoms with E-state index < -0.39 is 0 Å². The van der Waals surface area contributed by atoms with Crippen molar-refractivity contribution < 1.29 is 4.79 Å². The van der Waals surface area contributed by atoms with Crippen molar-refractivity contribution in [2.75, 3.05) is 0 Å². The van der Waals surface area contributed by atoms with Crippen LogP contribution >= 0.6 is 39.1 Å². The number of Topliss-reactive ketones (excluding diaryl/α,β-unsaturated/α-hetero) is 1. The molecule has 0 aliphatic heterocycles. The number of carbonyl (C=O) groups excluding carboxylic acids is 1. The van der Waals surface area contributed by atoms with Crippen LogP contribution in [0.25, 0.3) is 0 Å². The van der Waals surface area contributed by atoms with Crippen LogP contribution in [0.15, 0.2) is 22.7 Å². The Hall–Kier alpha value is -0.840. The molecule has 0 saturated carbocycles. The van der Waals surface area contributed by atoms with Gasteiger partial charge in [0.1, 0.15) is 0 Å². The Morgan fingerprint density at radius 3 is 2.63 bits per heavy atom. The fraction of sp³-hybridized carbons (Fsp3) is 0.231. The summed E-state index contributed by atoms with van der Waals surface area (Å²) in [5.74, 6) is -0.0257. The quantitative estimate of drug-likeness (QED) is 0.767. The second-order valence-corrected chi connectivity index (χ2v) is 5.84. The van der Waals surface area contributed by atoms with Crippen LogP contribution in [0.5, 0.6) is 0 Å². The summed E-state index contributed by atoms with van der Waals surface area (Å²) in [6.07, 6.45) is 0.213. The molecule has 0 aliphatic carbocycles. The first-order valence-corrected chi connectivity index (χ1v) is 7.11. The van der Waals surface area contributed by atoms with E-state index in [0.29, 0.717) is 20.1 Å². The van der Waals surface area contributed by atoms with Crippen molar-refractivity contribution in [1.82, 2.24) is 9.78 Å². The highest BCUT2D eigenvalue weighted by atomic mass is 79.9. The number of aromatic nitrogens is 2. The fourth-order valence-electron chi connectivity index (χ4n) is 1.80. The Kier molecular flexibility index (Phi) is 4.33. The average molecular weight is 362 g/mol. The first-order chi connectivity index (χ1) is 8.90. The van der Waals surface area contributed by atoms with Gasteiger partial charge >= 0.3 is 0 Å². The lowest BCUT2D eigenvalue weighted by atomic mass is 10.1. The van der Waals surface area contributed by atoms with Gasteiger partial charge in [0, 0.05) is 17.1 Å². The summed E-state index contributed by atoms with van der Waals surface area (Å²) >= 11 is 15.3. The van der Waals surface area contributed by atoms with E-state index in [1.807, 2.05) is 6.92 Å². The van der Waals surface area contributed by atoms with Crippen LogP contribution in [0.4, 0.5) is 0 Å². The van der Waals surface area contributed by atoms with Crippen molar-refractivity contribution >= 4 is 44.9 Å². The van der Waals surface area contributed by atoms with Crippen molar-refractivity contribution in [1.29, 1.82) is 0 Å². The number of rotatable bonds is 3. The van der Waals surface area contributed by atoms with E-state index >= 15 is 0 Å². The topological polar surface area (TPSA) is 34.9 Å². The minimum atomic E-state index is -0.0257. The van der Waals surface area contributed by atoms with Gasteiger partial charge in [0.2, 0.25) is 0 Å². The number of benzene rings is 1. The largest absolute Gasteiger partial charge is 0.294 e. The summed E-state index contributed by atoms with van der Waals surface area (Å²) in [7, 11) is 1.78. The molecule has 0 aliphatic rings. The average Bonchev–Trinajstić information content (AvgIpc) is 2.59. The molecule has 19 heavy (non-hydrogen) atoms. The highest BCUT2D eigenvalue weighted by Crippen LogP contribution is 2.25. The van der Waals surface area contributed by atoms with Crippen molar-refractivity contribution in [3.63, 3.8) is 0 Å². The van der Waals surface area contributed by atoms with Gasteiger partial charge in [-0.25, -0.2) is 0 Å². The number of hydrogen-bond donors (Lipinski definition) is 0. The van der Waals surface area contributed by atoms with Crippen molar-refractivity contribution in [2.24, 2.45) is 7.05 Å². The van der Waals surface area contributed by atoms with Gasteiger partial charge in [0.05, 0.1) is 27.9 Å². The summed E-state index contributed by atoms with van der Waals surface area (Å²) in [4.78, 5) is 12.2. The molecule has 0 atom stereocenters. The summed E-state index contributed by atoms with van der Waals surface area (Å²) in [5.41, 5.74) is 2.03. The predicted octanol–water partition coefficient (Wildman–Crippen LogP) is 4.22. The zero-order valence-corrected chi connectivity index (χ0v) is 13.5. The molecule has 1 heterocycles. The zero-order chi connectivity index (χ0) is 14.2. The van der Waals surface area contributed by atoms with Crippen LogP contribution in [-0.2, 0) is 13.5 Å². The van der Waals surface area contributed by atoms with Crippen molar-refractivity contribution in [3.8, 4) is 0 Å². The van der Waals surface area contributed by atoms with Gasteiger partial charge in [-0.3, -0.25) is 9.48 Å². The van der Waals surface area contributed by atoms with Crippen LogP contribution in [-0.4, -0.2) is 15.6 Å². The lowest BCUT2D eigenvalue weighted by Gasteiger charge is -2.04. The molecule has 0 unspecified atom stereocenters. The standard InChI is InChI=1S/C13H11BrCl2N2O/c1-7-13(16)11(18(2)17-7)6-12(19)8-3-4-10(15)9(14)5-8/h3-5H,6H2,1-2H3. The van der Waals surface area contributed by atoms with Crippen LogP contribution < -0.4 is 0 Å². The lowest BCUT2D eigenvalue weighted by Crippen LogP contribution is -2.08. The van der Waals surface area contributed by atoms with Gasteiger partial charge in [-0.15, -0.1) is 0 Å². The number of nitrogens with zero attached hydrogens (tertiary/aromatic N) is 2. The molecule has 0 amide bonds. The molecule has 1 aromatic carbocycles. The van der Waals surface area contributed by atoms with Gasteiger partial charge in [-0.1, -0.05) is 23.2 Å². The summed E-state index contributed by atoms with van der Waals surface area (Å²) in [5, 5.41) is 5.31. The van der Waals surface area contributed by atoms with E-state index in [0.717, 1.165) is 11.4 Å². The highest BCUT2D eigenvalue weighted by Gasteiger charge is 2.16. The minimum absolute atomic E-state index is 0.0257. The third-order valence-corrected chi connectivity index (χ3v) is 4.54. The molecular weight excluding hydrogens is 351 g/mol. The predicted molar refractivity (Wildman–Crippen MR) is 80.1 cm³/mol. The molecule has 2 aromatic rings. The van der Waals surface area contributed by atoms with Gasteiger partial charge < -0.3 is 0 Å². The molecule has 2 rings (SSSR count). The first-order valence-electron chi connectivity index (χ1n) is 5.56. The molecule has 6 heteroatoms. The maximum absolute atomic E-state index is 12.2. The van der Waals surface area contributed by atoms with Crippen molar-refractivity contribution in [2.45, 2.75) is 13.3 Å². The monoisotopic (exact) mass is 360 g/mol. The number of halogens is 3. The van der Waals surface area contributed by atoms with E-state index in [1.54, 1.807) is 29.9 Å². The number of ketones is 1. The highest BCUT2D eigenvalue weighted by molar-refractivity contribution is 9.10. The molecule has 0 bridgehead atoms. The van der Waals surface area contributed by atoms with E-state index in [9.17, 15) is 4.79 Å². The third-order valence-electron chi connectivity index (χ3n) is 2.83. The molecule has 0 radical (unpaired) electrons. The smallest absolute Gasteiger partial charge is 0.168 e. The molecule has 100 valence electrons. The Labute approximate surface area is 129 Å². The van der Waals surface area contributed by atoms with Gasteiger partial charge in [-0.2, -0.15) is 5.10 Å². The second-order valence-electron chi connectivity index (χ2n) is 4.20. The Balaban J connectivity index is 2.28. The van der Waals surface area contributed by atoms with Gasteiger partial charge in [-0.05, 0) is 41.1 Å². The SMILES string of the molecule is Cc1nn(C)c(CC(=O)c2ccc(Cl)c(Br)c2)c1Cl. The Morgan fingerprint density at radius 2 is 2.11 bits per heavy atom. The summed E-state index contributed by atoms with van der Waals surface area (Å²) in [6, 6.07) is 5.10. The van der Waals surface area contributed by atoms with Crippen molar-refractivity contribution in [3.05, 3.63) is 49.7 Å². The zero-order valence-electron chi connectivity index (χ0n) is 10.4. The van der Waals surface area contributed by atoms with E-state index in [-0.39, 0.29) is 12.2 Å². The van der Waals surface area contributed by atoms with E-state index in [1.165, 1.54) is 0 Å². The molecule has 0 saturated heterocycles. The summed E-state index contributed by atoms with van der Waals surface area (Å²) < 4.78 is 2.34. The van der Waals surface area contributed by atoms with E-state index in [2.05, 4.69) is 21.0 Å². The van der Waals surface area contributed by atoms with Crippen LogP contribution in [0.1, 0.15) is 21.7 Å². The normalized spacial score (nSPS) is 10.8. The molecule has 0 N–H and O–H groups in total. The van der Waals surface area contributed by atoms with Crippen LogP contribution in [0.2, 0.25) is 10.0 Å². The first kappa shape index (κ1) is 14.6. The van der Waals surface area contributed by atoms with Gasteiger partial charge in [0.25, 0.3) is 0 Å². The second kappa shape index (κ2) is 5.65. The number of hydrogen-bond acceptors (Lipinski definition) is 2. The third kappa shape index (κ3) is 3.02. The molecule has 0 fully saturated rings. The minimum Gasteiger partial charge on any atom is -0.294 e. The fourth-order valence-corrected chi connectivity index (χ4v) is 2.52. The maximum Gasteiger partial charge on any atom is 0.168 e.